The lowest BCUT2D eigenvalue weighted by atomic mass is 10.0. The van der Waals surface area contributed by atoms with Crippen molar-refractivity contribution < 1.29 is 22.7 Å². The van der Waals surface area contributed by atoms with Gasteiger partial charge in [0.2, 0.25) is 5.88 Å². The normalized spacial score (nSPS) is 14.5. The third-order valence-corrected chi connectivity index (χ3v) is 7.60. The van der Waals surface area contributed by atoms with Crippen LogP contribution in [0.1, 0.15) is 42.8 Å². The first-order valence-corrected chi connectivity index (χ1v) is 12.7. The fraction of sp³-hybridized carbons (Fsp3) is 0.375. The second-order valence-corrected chi connectivity index (χ2v) is 10.4. The van der Waals surface area contributed by atoms with Crippen LogP contribution >= 0.6 is 0 Å². The molecule has 1 fully saturated rings. The van der Waals surface area contributed by atoms with Crippen molar-refractivity contribution >= 4 is 15.6 Å². The van der Waals surface area contributed by atoms with Crippen LogP contribution < -0.4 is 4.74 Å². The number of hydrogen-bond acceptors (Lipinski definition) is 9. The molecule has 178 valence electrons. The van der Waals surface area contributed by atoms with Gasteiger partial charge in [-0.1, -0.05) is 24.3 Å². The quantitative estimate of drug-likeness (QED) is 0.406. The van der Waals surface area contributed by atoms with E-state index in [0.29, 0.717) is 42.4 Å². The van der Waals surface area contributed by atoms with E-state index in [0.717, 1.165) is 11.1 Å². The maximum Gasteiger partial charge on any atom is 0.232 e. The number of Topliss-reactive ketones (excluding diaryl/α,β-unsaturated/α-hetero) is 1. The second kappa shape index (κ2) is 10.4. The van der Waals surface area contributed by atoms with Crippen LogP contribution in [0.2, 0.25) is 0 Å². The van der Waals surface area contributed by atoms with Gasteiger partial charge in [0.25, 0.3) is 0 Å². The molecule has 1 unspecified atom stereocenters. The van der Waals surface area contributed by atoms with Crippen molar-refractivity contribution in [3.63, 3.8) is 0 Å². The van der Waals surface area contributed by atoms with E-state index in [1.807, 2.05) is 31.2 Å². The number of benzene rings is 1. The van der Waals surface area contributed by atoms with Gasteiger partial charge in [0.1, 0.15) is 0 Å². The minimum Gasteiger partial charge on any atom is -0.477 e. The molecule has 0 saturated heterocycles. The predicted octanol–water partition coefficient (Wildman–Crippen LogP) is 2.91. The van der Waals surface area contributed by atoms with Crippen LogP contribution in [0.15, 0.2) is 49.1 Å². The Morgan fingerprint density at radius 1 is 1.06 bits per heavy atom. The lowest BCUT2D eigenvalue weighted by molar-refractivity contribution is -0.128. The molecule has 3 aromatic rings. The summed E-state index contributed by atoms with van der Waals surface area (Å²) in [6.07, 6.45) is 6.63. The first-order valence-electron chi connectivity index (χ1n) is 11.0. The highest BCUT2D eigenvalue weighted by atomic mass is 32.2. The molecular weight excluding hydrogens is 456 g/mol. The van der Waals surface area contributed by atoms with Crippen molar-refractivity contribution in [2.75, 3.05) is 13.7 Å². The van der Waals surface area contributed by atoms with E-state index in [-0.39, 0.29) is 23.2 Å². The topological polar surface area (TPSA) is 121 Å². The molecule has 0 bridgehead atoms. The fourth-order valence-electron chi connectivity index (χ4n) is 3.58. The molecule has 0 amide bonds. The Labute approximate surface area is 198 Å². The summed E-state index contributed by atoms with van der Waals surface area (Å²) in [7, 11) is -1.82. The van der Waals surface area contributed by atoms with Crippen LogP contribution in [0.5, 0.6) is 5.88 Å². The maximum atomic E-state index is 13.0. The minimum atomic E-state index is -3.24. The predicted molar refractivity (Wildman–Crippen MR) is 125 cm³/mol. The van der Waals surface area contributed by atoms with Crippen LogP contribution in [0.4, 0.5) is 0 Å². The van der Waals surface area contributed by atoms with Crippen molar-refractivity contribution in [2.24, 2.45) is 0 Å². The molecule has 1 atom stereocenters. The summed E-state index contributed by atoms with van der Waals surface area (Å²) in [5.41, 5.74) is 2.94. The van der Waals surface area contributed by atoms with Crippen LogP contribution in [0.25, 0.3) is 11.3 Å². The molecule has 0 aliphatic heterocycles. The number of aromatic nitrogens is 4. The summed E-state index contributed by atoms with van der Waals surface area (Å²) < 4.78 is 35.4. The Balaban J connectivity index is 1.45. The number of carbonyl (C=O) groups is 1. The standard InChI is InChI=1S/C24H26N4O5S/c1-3-33-23-14-26-12-20(28-23)17-6-4-16(5-7-17)10-22(29)24(32-2)21-13-25-11-18(27-21)15-34(30,31)19-8-9-19/h4-7,11-14,19,24H,3,8-10,15H2,1-2H3. The van der Waals surface area contributed by atoms with E-state index < -0.39 is 15.9 Å². The summed E-state index contributed by atoms with van der Waals surface area (Å²) in [5.74, 6) is 0.0678. The number of methoxy groups -OCH3 is 1. The van der Waals surface area contributed by atoms with E-state index >= 15 is 0 Å². The van der Waals surface area contributed by atoms with Crippen molar-refractivity contribution in [1.82, 2.24) is 19.9 Å². The van der Waals surface area contributed by atoms with Gasteiger partial charge < -0.3 is 9.47 Å². The number of nitrogens with zero attached hydrogens (tertiary/aromatic N) is 4. The van der Waals surface area contributed by atoms with Gasteiger partial charge in [0.15, 0.2) is 21.7 Å². The largest absolute Gasteiger partial charge is 0.477 e. The average Bonchev–Trinajstić information content (AvgIpc) is 3.67. The monoisotopic (exact) mass is 482 g/mol. The molecule has 1 aliphatic rings. The lowest BCUT2D eigenvalue weighted by Gasteiger charge is -2.14. The van der Waals surface area contributed by atoms with Crippen molar-refractivity contribution in [1.29, 1.82) is 0 Å². The van der Waals surface area contributed by atoms with Crippen LogP contribution in [0, 0.1) is 0 Å². The van der Waals surface area contributed by atoms with Crippen molar-refractivity contribution in [3.05, 3.63) is 66.0 Å². The Morgan fingerprint density at radius 2 is 1.79 bits per heavy atom. The number of ether oxygens (including phenoxy) is 2. The highest BCUT2D eigenvalue weighted by molar-refractivity contribution is 7.91. The number of hydrogen-bond donors (Lipinski definition) is 0. The Hall–Kier alpha value is -3.24. The van der Waals surface area contributed by atoms with E-state index in [1.165, 1.54) is 19.5 Å². The van der Waals surface area contributed by atoms with Crippen molar-refractivity contribution in [2.45, 2.75) is 43.3 Å². The lowest BCUT2D eigenvalue weighted by Crippen LogP contribution is -2.19. The fourth-order valence-corrected chi connectivity index (χ4v) is 5.22. The Bertz CT molecular complexity index is 1260. The Morgan fingerprint density at radius 3 is 2.47 bits per heavy atom. The summed E-state index contributed by atoms with van der Waals surface area (Å²) in [6.45, 7) is 2.38. The molecule has 1 aromatic carbocycles. The molecule has 0 spiro atoms. The van der Waals surface area contributed by atoms with Gasteiger partial charge >= 0.3 is 0 Å². The number of carbonyl (C=O) groups excluding carboxylic acids is 1. The Kier molecular flexibility index (Phi) is 7.28. The maximum absolute atomic E-state index is 13.0. The molecule has 2 heterocycles. The molecule has 9 nitrogen and oxygen atoms in total. The van der Waals surface area contributed by atoms with Gasteiger partial charge in [-0.25, -0.2) is 13.4 Å². The average molecular weight is 483 g/mol. The van der Waals surface area contributed by atoms with Gasteiger partial charge in [0.05, 0.1) is 53.3 Å². The van der Waals surface area contributed by atoms with Gasteiger partial charge in [-0.15, -0.1) is 0 Å². The number of ketones is 1. The third-order valence-electron chi connectivity index (χ3n) is 5.41. The van der Waals surface area contributed by atoms with Crippen LogP contribution in [-0.2, 0) is 31.5 Å². The molecule has 1 saturated carbocycles. The van der Waals surface area contributed by atoms with Gasteiger partial charge in [-0.3, -0.25) is 19.7 Å². The summed E-state index contributed by atoms with van der Waals surface area (Å²) in [5, 5.41) is -0.284. The van der Waals surface area contributed by atoms with Crippen LogP contribution in [0.3, 0.4) is 0 Å². The molecule has 4 rings (SSSR count). The molecular formula is C24H26N4O5S. The molecule has 0 N–H and O–H groups in total. The zero-order valence-electron chi connectivity index (χ0n) is 19.0. The second-order valence-electron chi connectivity index (χ2n) is 8.07. The zero-order valence-corrected chi connectivity index (χ0v) is 19.9. The van der Waals surface area contributed by atoms with E-state index in [4.69, 9.17) is 9.47 Å². The minimum absolute atomic E-state index is 0.121. The van der Waals surface area contributed by atoms with E-state index in [2.05, 4.69) is 19.9 Å². The van der Waals surface area contributed by atoms with E-state index in [1.54, 1.807) is 12.4 Å². The first-order chi connectivity index (χ1) is 16.4. The summed E-state index contributed by atoms with van der Waals surface area (Å²) in [4.78, 5) is 30.0. The third kappa shape index (κ3) is 5.81. The zero-order chi connectivity index (χ0) is 24.1. The molecule has 1 aliphatic carbocycles. The molecule has 34 heavy (non-hydrogen) atoms. The smallest absolute Gasteiger partial charge is 0.232 e. The molecule has 10 heteroatoms. The number of rotatable bonds is 11. The van der Waals surface area contributed by atoms with Gasteiger partial charge in [0, 0.05) is 25.3 Å². The number of sulfone groups is 1. The van der Waals surface area contributed by atoms with Crippen molar-refractivity contribution in [3.8, 4) is 17.1 Å². The van der Waals surface area contributed by atoms with Gasteiger partial charge in [-0.05, 0) is 25.3 Å². The SMILES string of the molecule is CCOc1cncc(-c2ccc(CC(=O)C(OC)c3cncc(CS(=O)(=O)C4CC4)n3)cc2)n1. The van der Waals surface area contributed by atoms with Crippen LogP contribution in [-0.4, -0.2) is 53.1 Å². The summed E-state index contributed by atoms with van der Waals surface area (Å²) >= 11 is 0. The van der Waals surface area contributed by atoms with E-state index in [9.17, 15) is 13.2 Å². The molecule has 2 aromatic heterocycles. The summed E-state index contributed by atoms with van der Waals surface area (Å²) in [6, 6.07) is 7.43. The highest BCUT2D eigenvalue weighted by Crippen LogP contribution is 2.30. The van der Waals surface area contributed by atoms with Gasteiger partial charge in [-0.2, -0.15) is 0 Å². The first kappa shape index (κ1) is 23.9. The highest BCUT2D eigenvalue weighted by Gasteiger charge is 2.36. The molecule has 0 radical (unpaired) electrons.